The van der Waals surface area contributed by atoms with Gasteiger partial charge in [-0.1, -0.05) is 0 Å². The van der Waals surface area contributed by atoms with Gasteiger partial charge in [-0.05, 0) is 12.1 Å². The van der Waals surface area contributed by atoms with Crippen molar-refractivity contribution >= 4 is 5.52 Å². The summed E-state index contributed by atoms with van der Waals surface area (Å²) in [7, 11) is 1.92. The third-order valence-electron chi connectivity index (χ3n) is 2.30. The van der Waals surface area contributed by atoms with Gasteiger partial charge in [0.05, 0.1) is 11.7 Å². The van der Waals surface area contributed by atoms with Crippen molar-refractivity contribution in [2.75, 3.05) is 0 Å². The van der Waals surface area contributed by atoms with E-state index in [1.54, 1.807) is 16.9 Å². The van der Waals surface area contributed by atoms with Crippen LogP contribution in [0, 0.1) is 0 Å². The van der Waals surface area contributed by atoms with Crippen molar-refractivity contribution in [1.82, 2.24) is 24.1 Å². The van der Waals surface area contributed by atoms with Crippen LogP contribution < -0.4 is 0 Å². The standard InChI is InChI=1S/C10H9N5/c1-14-6-4-11-10(14)9-12-7-8-3-2-5-15(8)13-9/h2-7H,1H3. The first-order valence-electron chi connectivity index (χ1n) is 4.63. The molecule has 5 nitrogen and oxygen atoms in total. The summed E-state index contributed by atoms with van der Waals surface area (Å²) in [5, 5.41) is 4.36. The number of nitrogens with zero attached hydrogens (tertiary/aromatic N) is 5. The van der Waals surface area contributed by atoms with E-state index in [2.05, 4.69) is 15.1 Å². The highest BCUT2D eigenvalue weighted by Crippen LogP contribution is 2.11. The number of imidazole rings is 1. The third-order valence-corrected chi connectivity index (χ3v) is 2.30. The van der Waals surface area contributed by atoms with Crippen molar-refractivity contribution in [1.29, 1.82) is 0 Å². The highest BCUT2D eigenvalue weighted by Gasteiger charge is 2.06. The average Bonchev–Trinajstić information content (AvgIpc) is 2.84. The molecule has 0 atom stereocenters. The molecule has 0 saturated heterocycles. The van der Waals surface area contributed by atoms with E-state index in [-0.39, 0.29) is 0 Å². The van der Waals surface area contributed by atoms with Crippen molar-refractivity contribution < 1.29 is 0 Å². The SMILES string of the molecule is Cn1ccnc1-c1ncc2cccn2n1. The van der Waals surface area contributed by atoms with E-state index in [0.717, 1.165) is 11.3 Å². The first-order chi connectivity index (χ1) is 7.34. The lowest BCUT2D eigenvalue weighted by atomic mass is 10.5. The molecule has 0 aliphatic heterocycles. The fourth-order valence-electron chi connectivity index (χ4n) is 1.52. The van der Waals surface area contributed by atoms with Crippen LogP contribution in [0.25, 0.3) is 17.2 Å². The van der Waals surface area contributed by atoms with E-state index in [0.29, 0.717) is 5.82 Å². The van der Waals surface area contributed by atoms with E-state index < -0.39 is 0 Å². The smallest absolute Gasteiger partial charge is 0.216 e. The first kappa shape index (κ1) is 8.16. The predicted molar refractivity (Wildman–Crippen MR) is 55.2 cm³/mol. The molecule has 0 amide bonds. The second kappa shape index (κ2) is 2.91. The maximum atomic E-state index is 4.36. The maximum Gasteiger partial charge on any atom is 0.216 e. The summed E-state index contributed by atoms with van der Waals surface area (Å²) in [6, 6.07) is 3.90. The third kappa shape index (κ3) is 1.20. The van der Waals surface area contributed by atoms with Crippen molar-refractivity contribution in [3.63, 3.8) is 0 Å². The van der Waals surface area contributed by atoms with Crippen molar-refractivity contribution in [3.05, 3.63) is 36.9 Å². The van der Waals surface area contributed by atoms with Gasteiger partial charge in [0.2, 0.25) is 5.82 Å². The molecule has 0 radical (unpaired) electrons. The average molecular weight is 199 g/mol. The van der Waals surface area contributed by atoms with E-state index in [4.69, 9.17) is 0 Å². The number of hydrogen-bond acceptors (Lipinski definition) is 3. The van der Waals surface area contributed by atoms with Gasteiger partial charge in [-0.3, -0.25) is 0 Å². The van der Waals surface area contributed by atoms with Gasteiger partial charge < -0.3 is 4.57 Å². The summed E-state index contributed by atoms with van der Waals surface area (Å²) in [4.78, 5) is 8.47. The largest absolute Gasteiger partial charge is 0.331 e. The van der Waals surface area contributed by atoms with E-state index >= 15 is 0 Å². The second-order valence-electron chi connectivity index (χ2n) is 3.32. The highest BCUT2D eigenvalue weighted by molar-refractivity contribution is 5.49. The van der Waals surface area contributed by atoms with Gasteiger partial charge in [0.1, 0.15) is 0 Å². The highest BCUT2D eigenvalue weighted by atomic mass is 15.3. The molecule has 3 rings (SSSR count). The molecule has 3 aromatic heterocycles. The van der Waals surface area contributed by atoms with Gasteiger partial charge in [0.15, 0.2) is 5.82 Å². The monoisotopic (exact) mass is 199 g/mol. The fraction of sp³-hybridized carbons (Fsp3) is 0.100. The molecule has 0 bridgehead atoms. The van der Waals surface area contributed by atoms with Gasteiger partial charge in [0.25, 0.3) is 0 Å². The molecule has 74 valence electrons. The number of aryl methyl sites for hydroxylation is 1. The topological polar surface area (TPSA) is 48.0 Å². The quantitative estimate of drug-likeness (QED) is 0.590. The maximum absolute atomic E-state index is 4.36. The van der Waals surface area contributed by atoms with Crippen LogP contribution in [-0.4, -0.2) is 24.1 Å². The Morgan fingerprint density at radius 3 is 2.93 bits per heavy atom. The predicted octanol–water partition coefficient (Wildman–Crippen LogP) is 1.13. The lowest BCUT2D eigenvalue weighted by Gasteiger charge is -2.00. The minimum absolute atomic E-state index is 0.631. The Morgan fingerprint density at radius 1 is 1.20 bits per heavy atom. The minimum atomic E-state index is 0.631. The Morgan fingerprint density at radius 2 is 2.13 bits per heavy atom. The molecular formula is C10H9N5. The van der Waals surface area contributed by atoms with Crippen LogP contribution in [-0.2, 0) is 7.05 Å². The molecule has 3 aromatic rings. The normalized spacial score (nSPS) is 11.0. The zero-order chi connectivity index (χ0) is 10.3. The Bertz CT molecular complexity index is 607. The molecule has 0 aliphatic rings. The van der Waals surface area contributed by atoms with E-state index in [9.17, 15) is 0 Å². The Balaban J connectivity index is 2.23. The lowest BCUT2D eigenvalue weighted by molar-refractivity contribution is 0.859. The molecule has 0 aliphatic carbocycles. The minimum Gasteiger partial charge on any atom is -0.331 e. The summed E-state index contributed by atoms with van der Waals surface area (Å²) in [6.45, 7) is 0. The Hall–Kier alpha value is -2.17. The van der Waals surface area contributed by atoms with Crippen LogP contribution >= 0.6 is 0 Å². The lowest BCUT2D eigenvalue weighted by Crippen LogP contribution is -2.00. The van der Waals surface area contributed by atoms with Gasteiger partial charge in [0, 0.05) is 25.6 Å². The van der Waals surface area contributed by atoms with Crippen molar-refractivity contribution in [2.45, 2.75) is 0 Å². The Kier molecular flexibility index (Phi) is 1.58. The number of aromatic nitrogens is 5. The molecule has 0 saturated carbocycles. The molecule has 3 heterocycles. The Labute approximate surface area is 86.0 Å². The van der Waals surface area contributed by atoms with Crippen LogP contribution in [0.3, 0.4) is 0 Å². The second-order valence-corrected chi connectivity index (χ2v) is 3.32. The summed E-state index contributed by atoms with van der Waals surface area (Å²) in [5.41, 5.74) is 0.980. The molecule has 0 fully saturated rings. The van der Waals surface area contributed by atoms with Gasteiger partial charge in [-0.25, -0.2) is 14.5 Å². The number of fused-ring (bicyclic) bond motifs is 1. The summed E-state index contributed by atoms with van der Waals surface area (Å²) >= 11 is 0. The molecule has 0 unspecified atom stereocenters. The molecule has 15 heavy (non-hydrogen) atoms. The fourth-order valence-corrected chi connectivity index (χ4v) is 1.52. The molecular weight excluding hydrogens is 190 g/mol. The summed E-state index contributed by atoms with van der Waals surface area (Å²) in [6.07, 6.45) is 7.29. The molecule has 0 spiro atoms. The number of rotatable bonds is 1. The zero-order valence-corrected chi connectivity index (χ0v) is 8.20. The zero-order valence-electron chi connectivity index (χ0n) is 8.20. The van der Waals surface area contributed by atoms with Crippen LogP contribution in [0.2, 0.25) is 0 Å². The molecule has 0 N–H and O–H groups in total. The molecule has 5 heteroatoms. The van der Waals surface area contributed by atoms with Crippen molar-refractivity contribution in [3.8, 4) is 11.6 Å². The first-order valence-corrected chi connectivity index (χ1v) is 4.63. The van der Waals surface area contributed by atoms with Gasteiger partial charge >= 0.3 is 0 Å². The van der Waals surface area contributed by atoms with E-state index in [1.807, 2.05) is 36.1 Å². The summed E-state index contributed by atoms with van der Waals surface area (Å²) in [5.74, 6) is 1.40. The van der Waals surface area contributed by atoms with Gasteiger partial charge in [-0.15, -0.1) is 5.10 Å². The van der Waals surface area contributed by atoms with Crippen LogP contribution in [0.5, 0.6) is 0 Å². The number of hydrogen-bond donors (Lipinski definition) is 0. The van der Waals surface area contributed by atoms with Crippen LogP contribution in [0.1, 0.15) is 0 Å². The van der Waals surface area contributed by atoms with Crippen molar-refractivity contribution in [2.24, 2.45) is 7.05 Å². The van der Waals surface area contributed by atoms with E-state index in [1.165, 1.54) is 0 Å². The van der Waals surface area contributed by atoms with Crippen LogP contribution in [0.15, 0.2) is 36.9 Å². The summed E-state index contributed by atoms with van der Waals surface area (Å²) < 4.78 is 3.68. The van der Waals surface area contributed by atoms with Gasteiger partial charge in [-0.2, -0.15) is 0 Å². The van der Waals surface area contributed by atoms with Crippen LogP contribution in [0.4, 0.5) is 0 Å². The molecule has 0 aromatic carbocycles.